The van der Waals surface area contributed by atoms with E-state index in [1.54, 1.807) is 30.3 Å². The summed E-state index contributed by atoms with van der Waals surface area (Å²) in [5.74, 6) is -0.903. The molecule has 0 spiro atoms. The van der Waals surface area contributed by atoms with Crippen LogP contribution in [0.3, 0.4) is 0 Å². The third-order valence-electron chi connectivity index (χ3n) is 3.39. The number of halogens is 1. The van der Waals surface area contributed by atoms with Gasteiger partial charge in [0.25, 0.3) is 0 Å². The van der Waals surface area contributed by atoms with Crippen molar-refractivity contribution in [1.29, 1.82) is 5.26 Å². The summed E-state index contributed by atoms with van der Waals surface area (Å²) in [4.78, 5) is 11.6. The Hall–Kier alpha value is -2.76. The van der Waals surface area contributed by atoms with Gasteiger partial charge in [-0.15, -0.1) is 0 Å². The normalized spacial score (nSPS) is 10.9. The molecular weight excluding hydrogens is 345 g/mol. The molecule has 130 valence electrons. The van der Waals surface area contributed by atoms with Crippen molar-refractivity contribution in [1.82, 2.24) is 10.0 Å². The number of rotatable bonds is 7. The topological polar surface area (TPSA) is 99.1 Å². The van der Waals surface area contributed by atoms with E-state index in [1.807, 2.05) is 0 Å². The van der Waals surface area contributed by atoms with Crippen LogP contribution in [0.1, 0.15) is 11.1 Å². The van der Waals surface area contributed by atoms with E-state index in [1.165, 1.54) is 24.3 Å². The fraction of sp³-hybridized carbons (Fsp3) is 0.176. The van der Waals surface area contributed by atoms with E-state index < -0.39 is 22.5 Å². The van der Waals surface area contributed by atoms with Crippen LogP contribution in [0.4, 0.5) is 4.39 Å². The molecule has 0 fully saturated rings. The maximum atomic E-state index is 13.4. The lowest BCUT2D eigenvalue weighted by Gasteiger charge is -2.09. The second-order valence-corrected chi connectivity index (χ2v) is 6.86. The maximum absolute atomic E-state index is 13.4. The van der Waals surface area contributed by atoms with Gasteiger partial charge in [0.2, 0.25) is 15.9 Å². The van der Waals surface area contributed by atoms with Gasteiger partial charge in [0, 0.05) is 6.54 Å². The molecule has 25 heavy (non-hydrogen) atoms. The number of sulfonamides is 1. The Morgan fingerprint density at radius 1 is 1.12 bits per heavy atom. The number of amides is 1. The number of carbonyl (C=O) groups excluding carboxylic acids is 1. The standard InChI is InChI=1S/C17H16FN3O3S/c18-15-7-3-1-5-13(15)9-10-20-17(22)12-21-25(23,24)16-8-4-2-6-14(16)11-19/h1-8,21H,9-10,12H2,(H,20,22). The van der Waals surface area contributed by atoms with Gasteiger partial charge >= 0.3 is 0 Å². The van der Waals surface area contributed by atoms with Crippen LogP contribution in [0.15, 0.2) is 53.4 Å². The van der Waals surface area contributed by atoms with Gasteiger partial charge in [-0.25, -0.2) is 17.5 Å². The second-order valence-electron chi connectivity index (χ2n) is 5.12. The highest BCUT2D eigenvalue weighted by atomic mass is 32.2. The molecule has 8 heteroatoms. The highest BCUT2D eigenvalue weighted by Crippen LogP contribution is 2.13. The predicted molar refractivity (Wildman–Crippen MR) is 89.5 cm³/mol. The van der Waals surface area contributed by atoms with Crippen molar-refractivity contribution in [3.8, 4) is 6.07 Å². The second kappa shape index (κ2) is 8.37. The third-order valence-corrected chi connectivity index (χ3v) is 4.85. The molecule has 6 nitrogen and oxygen atoms in total. The molecule has 0 bridgehead atoms. The smallest absolute Gasteiger partial charge is 0.242 e. The van der Waals surface area contributed by atoms with Gasteiger partial charge in [0.1, 0.15) is 11.9 Å². The Labute approximate surface area is 145 Å². The summed E-state index contributed by atoms with van der Waals surface area (Å²) in [6.45, 7) is -0.296. The lowest BCUT2D eigenvalue weighted by atomic mass is 10.1. The molecule has 0 saturated heterocycles. The summed E-state index contributed by atoms with van der Waals surface area (Å²) in [5.41, 5.74) is 0.460. The number of hydrogen-bond donors (Lipinski definition) is 2. The van der Waals surface area contributed by atoms with Crippen molar-refractivity contribution in [3.05, 3.63) is 65.5 Å². The molecule has 0 aliphatic carbocycles. The van der Waals surface area contributed by atoms with Crippen LogP contribution < -0.4 is 10.0 Å². The summed E-state index contributed by atoms with van der Waals surface area (Å²) in [6.07, 6.45) is 0.294. The molecule has 0 saturated carbocycles. The molecule has 2 aromatic carbocycles. The zero-order valence-corrected chi connectivity index (χ0v) is 14.0. The molecule has 1 amide bonds. The average Bonchev–Trinajstić information content (AvgIpc) is 2.61. The van der Waals surface area contributed by atoms with Crippen molar-refractivity contribution >= 4 is 15.9 Å². The van der Waals surface area contributed by atoms with Crippen molar-refractivity contribution in [2.24, 2.45) is 0 Å². The fourth-order valence-corrected chi connectivity index (χ4v) is 3.27. The van der Waals surface area contributed by atoms with Crippen LogP contribution in [0.25, 0.3) is 0 Å². The van der Waals surface area contributed by atoms with Crippen LogP contribution in [-0.2, 0) is 21.2 Å². The van der Waals surface area contributed by atoms with E-state index in [0.29, 0.717) is 12.0 Å². The van der Waals surface area contributed by atoms with Crippen LogP contribution in [-0.4, -0.2) is 27.4 Å². The Morgan fingerprint density at radius 2 is 1.80 bits per heavy atom. The molecule has 2 aromatic rings. The van der Waals surface area contributed by atoms with Crippen LogP contribution in [0.2, 0.25) is 0 Å². The SMILES string of the molecule is N#Cc1ccccc1S(=O)(=O)NCC(=O)NCCc1ccccc1F. The molecule has 2 N–H and O–H groups in total. The van der Waals surface area contributed by atoms with E-state index in [2.05, 4.69) is 10.0 Å². The lowest BCUT2D eigenvalue weighted by molar-refractivity contribution is -0.119. The van der Waals surface area contributed by atoms with E-state index in [4.69, 9.17) is 5.26 Å². The Bertz CT molecular complexity index is 907. The van der Waals surface area contributed by atoms with E-state index in [0.717, 1.165) is 0 Å². The summed E-state index contributed by atoms with van der Waals surface area (Å²) in [6, 6.07) is 13.7. The number of nitrogens with zero attached hydrogens (tertiary/aromatic N) is 1. The van der Waals surface area contributed by atoms with E-state index in [9.17, 15) is 17.6 Å². The van der Waals surface area contributed by atoms with Gasteiger partial charge in [0.15, 0.2) is 0 Å². The fourth-order valence-electron chi connectivity index (χ4n) is 2.13. The molecule has 0 aliphatic heterocycles. The summed E-state index contributed by atoms with van der Waals surface area (Å²) in [5, 5.41) is 11.5. The molecular formula is C17H16FN3O3S. The van der Waals surface area contributed by atoms with Crippen LogP contribution in [0.5, 0.6) is 0 Å². The number of nitriles is 1. The van der Waals surface area contributed by atoms with E-state index in [-0.39, 0.29) is 22.8 Å². The van der Waals surface area contributed by atoms with Crippen molar-refractivity contribution in [2.75, 3.05) is 13.1 Å². The zero-order valence-electron chi connectivity index (χ0n) is 13.2. The molecule has 2 rings (SSSR count). The average molecular weight is 361 g/mol. The summed E-state index contributed by atoms with van der Waals surface area (Å²) >= 11 is 0. The molecule has 0 atom stereocenters. The van der Waals surface area contributed by atoms with Gasteiger partial charge in [0.05, 0.1) is 17.0 Å². The van der Waals surface area contributed by atoms with Crippen molar-refractivity contribution in [3.63, 3.8) is 0 Å². The Balaban J connectivity index is 1.87. The number of hydrogen-bond acceptors (Lipinski definition) is 4. The lowest BCUT2D eigenvalue weighted by Crippen LogP contribution is -2.37. The third kappa shape index (κ3) is 5.11. The van der Waals surface area contributed by atoms with Gasteiger partial charge in [-0.3, -0.25) is 4.79 Å². The quantitative estimate of drug-likeness (QED) is 0.777. The molecule has 0 radical (unpaired) electrons. The highest BCUT2D eigenvalue weighted by molar-refractivity contribution is 7.89. The van der Waals surface area contributed by atoms with Crippen LogP contribution in [0, 0.1) is 17.1 Å². The van der Waals surface area contributed by atoms with E-state index >= 15 is 0 Å². The first-order valence-electron chi connectivity index (χ1n) is 7.43. The zero-order chi connectivity index (χ0) is 18.3. The largest absolute Gasteiger partial charge is 0.355 e. The maximum Gasteiger partial charge on any atom is 0.242 e. The first-order valence-corrected chi connectivity index (χ1v) is 8.91. The van der Waals surface area contributed by atoms with Crippen molar-refractivity contribution in [2.45, 2.75) is 11.3 Å². The summed E-state index contributed by atoms with van der Waals surface area (Å²) in [7, 11) is -3.98. The molecule has 0 unspecified atom stereocenters. The summed E-state index contributed by atoms with van der Waals surface area (Å²) < 4.78 is 39.9. The molecule has 0 aliphatic rings. The minimum absolute atomic E-state index is 0.00467. The van der Waals surface area contributed by atoms with Crippen molar-refractivity contribution < 1.29 is 17.6 Å². The minimum atomic E-state index is -3.98. The van der Waals surface area contributed by atoms with Gasteiger partial charge in [-0.1, -0.05) is 30.3 Å². The predicted octanol–water partition coefficient (Wildman–Crippen LogP) is 1.33. The number of benzene rings is 2. The monoisotopic (exact) mass is 361 g/mol. The van der Waals surface area contributed by atoms with Gasteiger partial charge in [-0.2, -0.15) is 5.26 Å². The first-order chi connectivity index (χ1) is 11.9. The highest BCUT2D eigenvalue weighted by Gasteiger charge is 2.18. The van der Waals surface area contributed by atoms with Crippen LogP contribution >= 0.6 is 0 Å². The molecule has 0 heterocycles. The first kappa shape index (κ1) is 18.6. The molecule has 0 aromatic heterocycles. The Morgan fingerprint density at radius 3 is 2.52 bits per heavy atom. The number of nitrogens with one attached hydrogen (secondary N) is 2. The van der Waals surface area contributed by atoms with Gasteiger partial charge in [-0.05, 0) is 30.2 Å². The Kier molecular flexibility index (Phi) is 6.22. The van der Waals surface area contributed by atoms with Gasteiger partial charge < -0.3 is 5.32 Å². The minimum Gasteiger partial charge on any atom is -0.355 e. The number of carbonyl (C=O) groups is 1.